The first-order chi connectivity index (χ1) is 11.3. The number of nitrogens with one attached hydrogen (secondary N) is 1. The van der Waals surface area contributed by atoms with E-state index in [0.717, 1.165) is 21.6 Å². The molecular formula is C17H17N3OS2. The van der Waals surface area contributed by atoms with Gasteiger partial charge >= 0.3 is 0 Å². The fourth-order valence-corrected chi connectivity index (χ4v) is 4.64. The molecule has 0 radical (unpaired) electrons. The van der Waals surface area contributed by atoms with Gasteiger partial charge in [-0.25, -0.2) is 4.98 Å². The van der Waals surface area contributed by atoms with E-state index in [4.69, 9.17) is 0 Å². The standard InChI is InChI=1S/C17H17N3OS2/c21-16(19-17-18-13-5-1-2-6-14(13)23-17)15-8-7-12(22-15)11-20-9-3-4-10-20/h1-2,5-8H,3-4,9-11H2,(H,18,19,21). The van der Waals surface area contributed by atoms with Crippen LogP contribution in [0.25, 0.3) is 10.2 Å². The van der Waals surface area contributed by atoms with Crippen LogP contribution in [0.1, 0.15) is 27.4 Å². The smallest absolute Gasteiger partial charge is 0.267 e. The molecule has 0 aliphatic carbocycles. The van der Waals surface area contributed by atoms with Crippen LogP contribution >= 0.6 is 22.7 Å². The average Bonchev–Trinajstić information content (AvgIpc) is 3.27. The minimum absolute atomic E-state index is 0.0678. The number of aromatic nitrogens is 1. The third kappa shape index (κ3) is 3.29. The van der Waals surface area contributed by atoms with Crippen molar-refractivity contribution in [3.8, 4) is 0 Å². The molecule has 1 aromatic carbocycles. The SMILES string of the molecule is O=C(Nc1nc2ccccc2s1)c1ccc(CN2CCCC2)s1. The highest BCUT2D eigenvalue weighted by atomic mass is 32.1. The van der Waals surface area contributed by atoms with Gasteiger partial charge in [0.25, 0.3) is 5.91 Å². The van der Waals surface area contributed by atoms with E-state index in [1.54, 1.807) is 11.3 Å². The predicted molar refractivity (Wildman–Crippen MR) is 96.4 cm³/mol. The normalized spacial score (nSPS) is 15.3. The van der Waals surface area contributed by atoms with Crippen molar-refractivity contribution in [1.82, 2.24) is 9.88 Å². The highest BCUT2D eigenvalue weighted by molar-refractivity contribution is 7.22. The topological polar surface area (TPSA) is 45.2 Å². The fourth-order valence-electron chi connectivity index (χ4n) is 2.83. The van der Waals surface area contributed by atoms with E-state index < -0.39 is 0 Å². The summed E-state index contributed by atoms with van der Waals surface area (Å²) in [7, 11) is 0. The Morgan fingerprint density at radius 3 is 2.78 bits per heavy atom. The molecule has 1 amide bonds. The summed E-state index contributed by atoms with van der Waals surface area (Å²) in [4.78, 5) is 21.3. The highest BCUT2D eigenvalue weighted by Crippen LogP contribution is 2.27. The Hall–Kier alpha value is -1.76. The lowest BCUT2D eigenvalue weighted by Crippen LogP contribution is -2.17. The van der Waals surface area contributed by atoms with Crippen LogP contribution in [0, 0.1) is 0 Å². The van der Waals surface area contributed by atoms with Crippen molar-refractivity contribution < 1.29 is 4.79 Å². The Bertz CT molecular complexity index is 800. The second-order valence-electron chi connectivity index (χ2n) is 5.69. The van der Waals surface area contributed by atoms with E-state index in [1.807, 2.05) is 30.3 Å². The molecule has 1 fully saturated rings. The van der Waals surface area contributed by atoms with Crippen molar-refractivity contribution >= 4 is 43.9 Å². The van der Waals surface area contributed by atoms with Crippen LogP contribution in [-0.2, 0) is 6.54 Å². The van der Waals surface area contributed by atoms with Crippen LogP contribution in [0.5, 0.6) is 0 Å². The van der Waals surface area contributed by atoms with Gasteiger partial charge in [-0.15, -0.1) is 11.3 Å². The number of carbonyl (C=O) groups is 1. The molecule has 4 nitrogen and oxygen atoms in total. The maximum absolute atomic E-state index is 12.4. The van der Waals surface area contributed by atoms with Gasteiger partial charge in [0.1, 0.15) is 0 Å². The molecule has 6 heteroatoms. The molecule has 2 aromatic heterocycles. The van der Waals surface area contributed by atoms with E-state index in [9.17, 15) is 4.79 Å². The number of thiophene rings is 1. The molecule has 0 bridgehead atoms. The molecule has 118 valence electrons. The van der Waals surface area contributed by atoms with Gasteiger partial charge in [-0.3, -0.25) is 15.0 Å². The maximum Gasteiger partial charge on any atom is 0.267 e. The van der Waals surface area contributed by atoms with Crippen molar-refractivity contribution in [3.05, 3.63) is 46.2 Å². The highest BCUT2D eigenvalue weighted by Gasteiger charge is 2.15. The number of likely N-dealkylation sites (tertiary alicyclic amines) is 1. The second kappa shape index (κ2) is 6.39. The second-order valence-corrected chi connectivity index (χ2v) is 7.89. The van der Waals surface area contributed by atoms with Crippen molar-refractivity contribution in [2.24, 2.45) is 0 Å². The molecule has 23 heavy (non-hydrogen) atoms. The molecule has 0 atom stereocenters. The average molecular weight is 343 g/mol. The van der Waals surface area contributed by atoms with Crippen molar-refractivity contribution in [2.75, 3.05) is 18.4 Å². The zero-order valence-electron chi connectivity index (χ0n) is 12.6. The van der Waals surface area contributed by atoms with E-state index in [0.29, 0.717) is 5.13 Å². The number of fused-ring (bicyclic) bond motifs is 1. The Balaban J connectivity index is 1.45. The molecule has 1 aliphatic rings. The maximum atomic E-state index is 12.4. The lowest BCUT2D eigenvalue weighted by molar-refractivity contribution is 0.103. The summed E-state index contributed by atoms with van der Waals surface area (Å²) in [6.45, 7) is 3.30. The summed E-state index contributed by atoms with van der Waals surface area (Å²) < 4.78 is 1.09. The molecule has 1 saturated heterocycles. The van der Waals surface area contributed by atoms with E-state index in [2.05, 4.69) is 21.3 Å². The number of thiazole rings is 1. The molecule has 1 aliphatic heterocycles. The Morgan fingerprint density at radius 2 is 1.96 bits per heavy atom. The van der Waals surface area contributed by atoms with Gasteiger partial charge in [-0.05, 0) is 50.2 Å². The van der Waals surface area contributed by atoms with Crippen LogP contribution in [0.2, 0.25) is 0 Å². The first-order valence-electron chi connectivity index (χ1n) is 7.76. The number of hydrogen-bond acceptors (Lipinski definition) is 5. The van der Waals surface area contributed by atoms with Gasteiger partial charge in [0.2, 0.25) is 0 Å². The molecule has 0 unspecified atom stereocenters. The molecule has 3 heterocycles. The third-order valence-electron chi connectivity index (χ3n) is 3.98. The van der Waals surface area contributed by atoms with Gasteiger partial charge in [0.05, 0.1) is 15.1 Å². The van der Waals surface area contributed by atoms with Crippen LogP contribution in [0.15, 0.2) is 36.4 Å². The minimum atomic E-state index is -0.0678. The summed E-state index contributed by atoms with van der Waals surface area (Å²) >= 11 is 3.08. The number of hydrogen-bond donors (Lipinski definition) is 1. The molecular weight excluding hydrogens is 326 g/mol. The van der Waals surface area contributed by atoms with Gasteiger partial charge in [0.15, 0.2) is 5.13 Å². The lowest BCUT2D eigenvalue weighted by Gasteiger charge is -2.12. The number of para-hydroxylation sites is 1. The van der Waals surface area contributed by atoms with Gasteiger partial charge in [-0.2, -0.15) is 0 Å². The Labute approximate surface area is 142 Å². The number of benzene rings is 1. The molecule has 3 aromatic rings. The van der Waals surface area contributed by atoms with Crippen LogP contribution in [0.3, 0.4) is 0 Å². The summed E-state index contributed by atoms with van der Waals surface area (Å²) in [6.07, 6.45) is 2.58. The molecule has 4 rings (SSSR count). The van der Waals surface area contributed by atoms with Crippen LogP contribution in [0.4, 0.5) is 5.13 Å². The van der Waals surface area contributed by atoms with Gasteiger partial charge in [-0.1, -0.05) is 23.5 Å². The number of anilines is 1. The van der Waals surface area contributed by atoms with E-state index >= 15 is 0 Å². The zero-order valence-corrected chi connectivity index (χ0v) is 14.3. The van der Waals surface area contributed by atoms with Crippen molar-refractivity contribution in [1.29, 1.82) is 0 Å². The fraction of sp³-hybridized carbons (Fsp3) is 0.294. The van der Waals surface area contributed by atoms with Crippen molar-refractivity contribution in [2.45, 2.75) is 19.4 Å². The summed E-state index contributed by atoms with van der Waals surface area (Å²) in [5, 5.41) is 3.58. The zero-order chi connectivity index (χ0) is 15.6. The molecule has 0 saturated carbocycles. The quantitative estimate of drug-likeness (QED) is 0.772. The largest absolute Gasteiger partial charge is 0.298 e. The van der Waals surface area contributed by atoms with Crippen LogP contribution in [-0.4, -0.2) is 28.9 Å². The Morgan fingerprint density at radius 1 is 1.13 bits per heavy atom. The first-order valence-corrected chi connectivity index (χ1v) is 9.39. The predicted octanol–water partition coefficient (Wildman–Crippen LogP) is 4.21. The number of amides is 1. The van der Waals surface area contributed by atoms with Gasteiger partial charge in [0, 0.05) is 11.4 Å². The molecule has 1 N–H and O–H groups in total. The number of carbonyl (C=O) groups excluding carboxylic acids is 1. The van der Waals surface area contributed by atoms with Crippen molar-refractivity contribution in [3.63, 3.8) is 0 Å². The summed E-state index contributed by atoms with van der Waals surface area (Å²) in [6, 6.07) is 11.9. The third-order valence-corrected chi connectivity index (χ3v) is 6.00. The monoisotopic (exact) mass is 343 g/mol. The summed E-state index contributed by atoms with van der Waals surface area (Å²) in [5.74, 6) is -0.0678. The minimum Gasteiger partial charge on any atom is -0.298 e. The van der Waals surface area contributed by atoms with Gasteiger partial charge < -0.3 is 0 Å². The Kier molecular flexibility index (Phi) is 4.11. The van der Waals surface area contributed by atoms with Crippen LogP contribution < -0.4 is 5.32 Å². The number of nitrogens with zero attached hydrogens (tertiary/aromatic N) is 2. The first kappa shape index (κ1) is 14.8. The number of rotatable bonds is 4. The summed E-state index contributed by atoms with van der Waals surface area (Å²) in [5.41, 5.74) is 0.925. The lowest BCUT2D eigenvalue weighted by atomic mass is 10.3. The van der Waals surface area contributed by atoms with E-state index in [-0.39, 0.29) is 5.91 Å². The van der Waals surface area contributed by atoms with E-state index in [1.165, 1.54) is 42.1 Å². The molecule has 0 spiro atoms.